The van der Waals surface area contributed by atoms with E-state index in [4.69, 9.17) is 8.94 Å². The lowest BCUT2D eigenvalue weighted by atomic mass is 10.1. The Morgan fingerprint density at radius 2 is 1.76 bits per heavy atom. The highest BCUT2D eigenvalue weighted by molar-refractivity contribution is 7.89. The second kappa shape index (κ2) is 8.29. The molecule has 12 heteroatoms. The van der Waals surface area contributed by atoms with Crippen molar-refractivity contribution in [3.05, 3.63) is 65.6 Å². The second-order valence-corrected chi connectivity index (χ2v) is 9.60. The van der Waals surface area contributed by atoms with Crippen LogP contribution in [0.1, 0.15) is 16.1 Å². The fraction of sp³-hybridized carbons (Fsp3) is 0.227. The van der Waals surface area contributed by atoms with E-state index in [0.29, 0.717) is 22.5 Å². The van der Waals surface area contributed by atoms with Crippen LogP contribution in [-0.2, 0) is 10.0 Å². The number of hydrogen-bond donors (Lipinski definition) is 0. The largest absolute Gasteiger partial charge is 0.463 e. The molecule has 0 atom stereocenters. The molecule has 9 nitrogen and oxygen atoms in total. The van der Waals surface area contributed by atoms with Gasteiger partial charge in [0.2, 0.25) is 10.0 Å². The van der Waals surface area contributed by atoms with E-state index in [2.05, 4.69) is 10.1 Å². The fourth-order valence-corrected chi connectivity index (χ4v) is 5.51. The predicted octanol–water partition coefficient (Wildman–Crippen LogP) is 3.22. The molecule has 3 aromatic heterocycles. The summed E-state index contributed by atoms with van der Waals surface area (Å²) in [5, 5.41) is 4.35. The van der Waals surface area contributed by atoms with Gasteiger partial charge in [-0.25, -0.2) is 22.2 Å². The summed E-state index contributed by atoms with van der Waals surface area (Å²) in [6.45, 7) is 1.49. The zero-order chi connectivity index (χ0) is 24.0. The van der Waals surface area contributed by atoms with Crippen LogP contribution in [0, 0.1) is 18.6 Å². The van der Waals surface area contributed by atoms with Crippen LogP contribution in [0.5, 0.6) is 0 Å². The minimum Gasteiger partial charge on any atom is -0.463 e. The lowest BCUT2D eigenvalue weighted by molar-refractivity contribution is 0.0699. The topological polar surface area (TPSA) is 110 Å². The number of nitrogens with zero attached hydrogens (tertiary/aromatic N) is 4. The predicted molar refractivity (Wildman–Crippen MR) is 115 cm³/mol. The number of halogens is 2. The zero-order valence-corrected chi connectivity index (χ0v) is 18.7. The first kappa shape index (κ1) is 22.2. The number of amides is 1. The monoisotopic (exact) mass is 488 g/mol. The molecule has 0 saturated carbocycles. The molecule has 0 N–H and O–H groups in total. The molecule has 5 rings (SSSR count). The van der Waals surface area contributed by atoms with Crippen molar-refractivity contribution in [2.24, 2.45) is 0 Å². The number of benzene rings is 1. The molecule has 0 spiro atoms. The average molecular weight is 488 g/mol. The summed E-state index contributed by atoms with van der Waals surface area (Å²) < 4.78 is 65.5. The van der Waals surface area contributed by atoms with Crippen molar-refractivity contribution >= 4 is 27.0 Å². The van der Waals surface area contributed by atoms with Crippen molar-refractivity contribution in [2.75, 3.05) is 26.2 Å². The summed E-state index contributed by atoms with van der Waals surface area (Å²) in [6, 6.07) is 7.83. The molecule has 4 heterocycles. The number of pyridine rings is 1. The average Bonchev–Trinajstić information content (AvgIpc) is 3.48. The Balaban J connectivity index is 1.42. The van der Waals surface area contributed by atoms with Crippen molar-refractivity contribution in [1.82, 2.24) is 19.3 Å². The van der Waals surface area contributed by atoms with Gasteiger partial charge in [-0.2, -0.15) is 4.31 Å². The van der Waals surface area contributed by atoms with Gasteiger partial charge in [-0.15, -0.1) is 0 Å². The van der Waals surface area contributed by atoms with E-state index in [0.717, 1.165) is 22.5 Å². The van der Waals surface area contributed by atoms with Gasteiger partial charge in [0.05, 0.1) is 22.9 Å². The number of piperazine rings is 1. The number of aromatic nitrogens is 2. The number of hydrogen-bond acceptors (Lipinski definition) is 7. The molecule has 1 aromatic carbocycles. The fourth-order valence-electron chi connectivity index (χ4n) is 3.97. The normalized spacial score (nSPS) is 15.2. The standard InChI is InChI=1S/C22H18F2N4O5S/c1-13-19-14(12-17(18-6-3-11-32-18)25-21(19)33-26-13)22(29)27-7-9-28(10-8-27)34(30,31)20-15(23)4-2-5-16(20)24/h2-6,11-12H,7-10H2,1H3. The van der Waals surface area contributed by atoms with Gasteiger partial charge in [-0.05, 0) is 37.3 Å². The van der Waals surface area contributed by atoms with E-state index in [1.807, 2.05) is 0 Å². The summed E-state index contributed by atoms with van der Waals surface area (Å²) in [5.74, 6) is -2.26. The molecule has 1 aliphatic heterocycles. The number of furan rings is 1. The van der Waals surface area contributed by atoms with Gasteiger partial charge in [0.15, 0.2) is 10.7 Å². The van der Waals surface area contributed by atoms with Crippen LogP contribution in [0.25, 0.3) is 22.6 Å². The van der Waals surface area contributed by atoms with Crippen LogP contribution in [-0.4, -0.2) is 59.8 Å². The summed E-state index contributed by atoms with van der Waals surface area (Å²) in [7, 11) is -4.41. The van der Waals surface area contributed by atoms with E-state index in [1.54, 1.807) is 25.1 Å². The number of carbonyl (C=O) groups excluding carboxylic acids is 1. The molecule has 34 heavy (non-hydrogen) atoms. The minimum atomic E-state index is -4.41. The third kappa shape index (κ3) is 3.64. The highest BCUT2D eigenvalue weighted by Crippen LogP contribution is 2.29. The van der Waals surface area contributed by atoms with E-state index in [-0.39, 0.29) is 43.4 Å². The van der Waals surface area contributed by atoms with Crippen molar-refractivity contribution in [3.63, 3.8) is 0 Å². The number of fused-ring (bicyclic) bond motifs is 1. The highest BCUT2D eigenvalue weighted by Gasteiger charge is 2.35. The minimum absolute atomic E-state index is 0.0262. The number of sulfonamides is 1. The van der Waals surface area contributed by atoms with Gasteiger partial charge in [0, 0.05) is 26.2 Å². The molecular weight excluding hydrogens is 470 g/mol. The lowest BCUT2D eigenvalue weighted by Crippen LogP contribution is -2.50. The van der Waals surface area contributed by atoms with Gasteiger partial charge < -0.3 is 13.8 Å². The van der Waals surface area contributed by atoms with Gasteiger partial charge in [-0.3, -0.25) is 4.79 Å². The molecule has 0 aliphatic carbocycles. The summed E-state index contributed by atoms with van der Waals surface area (Å²) in [6.07, 6.45) is 1.48. The molecule has 0 radical (unpaired) electrons. The first-order valence-corrected chi connectivity index (χ1v) is 11.8. The zero-order valence-electron chi connectivity index (χ0n) is 17.9. The molecule has 4 aromatic rings. The maximum atomic E-state index is 14.1. The van der Waals surface area contributed by atoms with Crippen LogP contribution < -0.4 is 0 Å². The molecule has 0 unspecified atom stereocenters. The van der Waals surface area contributed by atoms with Crippen LogP contribution >= 0.6 is 0 Å². The Kier molecular flexibility index (Phi) is 5.41. The quantitative estimate of drug-likeness (QED) is 0.434. The van der Waals surface area contributed by atoms with E-state index in [1.165, 1.54) is 11.2 Å². The van der Waals surface area contributed by atoms with Gasteiger partial charge in [-0.1, -0.05) is 11.2 Å². The first-order valence-electron chi connectivity index (χ1n) is 10.3. The number of aryl methyl sites for hydroxylation is 1. The van der Waals surface area contributed by atoms with Crippen LogP contribution in [0.2, 0.25) is 0 Å². The smallest absolute Gasteiger partial charge is 0.259 e. The van der Waals surface area contributed by atoms with Crippen molar-refractivity contribution < 1.29 is 30.9 Å². The van der Waals surface area contributed by atoms with Crippen LogP contribution in [0.4, 0.5) is 8.78 Å². The van der Waals surface area contributed by atoms with Gasteiger partial charge in [0.1, 0.15) is 17.3 Å². The molecular formula is C22H18F2N4O5S. The van der Waals surface area contributed by atoms with Crippen molar-refractivity contribution in [3.8, 4) is 11.5 Å². The van der Waals surface area contributed by atoms with Crippen molar-refractivity contribution in [2.45, 2.75) is 11.8 Å². The molecule has 1 aliphatic rings. The number of rotatable bonds is 4. The van der Waals surface area contributed by atoms with Gasteiger partial charge in [0.25, 0.3) is 11.6 Å². The third-order valence-electron chi connectivity index (χ3n) is 5.66. The number of carbonyl (C=O) groups is 1. The maximum Gasteiger partial charge on any atom is 0.259 e. The van der Waals surface area contributed by atoms with E-state index < -0.39 is 26.6 Å². The Morgan fingerprint density at radius 3 is 2.41 bits per heavy atom. The van der Waals surface area contributed by atoms with Crippen molar-refractivity contribution in [1.29, 1.82) is 0 Å². The summed E-state index contributed by atoms with van der Waals surface area (Å²) in [4.78, 5) is 18.3. The lowest BCUT2D eigenvalue weighted by Gasteiger charge is -2.34. The molecule has 176 valence electrons. The summed E-state index contributed by atoms with van der Waals surface area (Å²) >= 11 is 0. The SMILES string of the molecule is Cc1noc2nc(-c3ccco3)cc(C(=O)N3CCN(S(=O)(=O)c4c(F)cccc4F)CC3)c12. The van der Waals surface area contributed by atoms with Gasteiger partial charge >= 0.3 is 0 Å². The molecule has 1 fully saturated rings. The van der Waals surface area contributed by atoms with E-state index >= 15 is 0 Å². The maximum absolute atomic E-state index is 14.1. The van der Waals surface area contributed by atoms with Crippen LogP contribution in [0.15, 0.2) is 56.5 Å². The van der Waals surface area contributed by atoms with E-state index in [9.17, 15) is 22.0 Å². The molecule has 1 amide bonds. The Bertz CT molecular complexity index is 1470. The third-order valence-corrected chi connectivity index (χ3v) is 7.61. The second-order valence-electron chi connectivity index (χ2n) is 7.73. The Labute approximate surface area is 192 Å². The summed E-state index contributed by atoms with van der Waals surface area (Å²) in [5.41, 5.74) is 1.32. The molecule has 1 saturated heterocycles. The molecule has 0 bridgehead atoms. The highest BCUT2D eigenvalue weighted by atomic mass is 32.2. The van der Waals surface area contributed by atoms with Crippen LogP contribution in [0.3, 0.4) is 0 Å². The first-order chi connectivity index (χ1) is 16.3. The Hall–Kier alpha value is -3.64. The Morgan fingerprint density at radius 1 is 1.06 bits per heavy atom.